The highest BCUT2D eigenvalue weighted by atomic mass is 16.2. The molecule has 84 valence electrons. The van der Waals surface area contributed by atoms with Gasteiger partial charge >= 0.3 is 0 Å². The Bertz CT molecular complexity index is 500. The molecule has 0 fully saturated rings. The van der Waals surface area contributed by atoms with E-state index < -0.39 is 0 Å². The van der Waals surface area contributed by atoms with Gasteiger partial charge in [0.15, 0.2) is 11.5 Å². The van der Waals surface area contributed by atoms with Crippen LogP contribution in [0.5, 0.6) is 0 Å². The fraction of sp³-hybridized carbons (Fsp3) is 0.250. The molecule has 0 aromatic carbocycles. The molecule has 8 heteroatoms. The average Bonchev–Trinajstić information content (AvgIpc) is 2.84. The number of imidazole rings is 1. The Balaban J connectivity index is 1.99. The Kier molecular flexibility index (Phi) is 2.54. The van der Waals surface area contributed by atoms with E-state index in [4.69, 9.17) is 5.73 Å². The minimum atomic E-state index is -0.380. The number of rotatable bonds is 3. The lowest BCUT2D eigenvalue weighted by molar-refractivity contribution is 0.0945. The second-order valence-electron chi connectivity index (χ2n) is 3.19. The summed E-state index contributed by atoms with van der Waals surface area (Å²) >= 11 is 0. The summed E-state index contributed by atoms with van der Waals surface area (Å²) < 4.78 is 1.81. The summed E-state index contributed by atoms with van der Waals surface area (Å²) in [6.45, 7) is 0.314. The lowest BCUT2D eigenvalue weighted by Gasteiger charge is -2.03. The van der Waals surface area contributed by atoms with Gasteiger partial charge < -0.3 is 15.6 Å². The van der Waals surface area contributed by atoms with Gasteiger partial charge in [-0.05, 0) is 0 Å². The van der Waals surface area contributed by atoms with E-state index in [1.165, 1.54) is 0 Å². The Morgan fingerprint density at radius 3 is 3.00 bits per heavy atom. The highest BCUT2D eigenvalue weighted by molar-refractivity contribution is 5.95. The molecule has 0 saturated heterocycles. The largest absolute Gasteiger partial charge is 0.380 e. The zero-order valence-electron chi connectivity index (χ0n) is 8.64. The molecule has 0 atom stereocenters. The van der Waals surface area contributed by atoms with Crippen molar-refractivity contribution in [3.05, 3.63) is 23.9 Å². The third-order valence-electron chi connectivity index (χ3n) is 2.12. The highest BCUT2D eigenvalue weighted by Gasteiger charge is 2.13. The van der Waals surface area contributed by atoms with Crippen molar-refractivity contribution in [2.75, 3.05) is 5.73 Å². The lowest BCUT2D eigenvalue weighted by Crippen LogP contribution is -2.25. The van der Waals surface area contributed by atoms with Crippen LogP contribution in [0.25, 0.3) is 0 Å². The molecule has 0 radical (unpaired) electrons. The Morgan fingerprint density at radius 1 is 1.62 bits per heavy atom. The first-order valence-corrected chi connectivity index (χ1v) is 4.59. The maximum Gasteiger partial charge on any atom is 0.276 e. The SMILES string of the molecule is Cn1ccnc1CNC(=O)c1n[nH]nc1N. The van der Waals surface area contributed by atoms with Crippen LogP contribution in [0.3, 0.4) is 0 Å². The van der Waals surface area contributed by atoms with Gasteiger partial charge in [0.2, 0.25) is 0 Å². The van der Waals surface area contributed by atoms with E-state index in [1.807, 2.05) is 11.6 Å². The minimum Gasteiger partial charge on any atom is -0.380 e. The molecule has 0 aliphatic heterocycles. The Labute approximate surface area is 90.9 Å². The van der Waals surface area contributed by atoms with Gasteiger partial charge in [-0.1, -0.05) is 0 Å². The summed E-state index contributed by atoms with van der Waals surface area (Å²) in [5.41, 5.74) is 5.53. The van der Waals surface area contributed by atoms with Crippen LogP contribution in [-0.4, -0.2) is 30.9 Å². The second kappa shape index (κ2) is 4.01. The van der Waals surface area contributed by atoms with Crippen LogP contribution >= 0.6 is 0 Å². The minimum absolute atomic E-state index is 0.0809. The fourth-order valence-electron chi connectivity index (χ4n) is 1.22. The van der Waals surface area contributed by atoms with Gasteiger partial charge in [0.05, 0.1) is 6.54 Å². The number of nitrogens with zero attached hydrogens (tertiary/aromatic N) is 4. The zero-order valence-corrected chi connectivity index (χ0v) is 8.64. The molecule has 2 heterocycles. The third kappa shape index (κ3) is 1.85. The van der Waals surface area contributed by atoms with Crippen LogP contribution in [0.4, 0.5) is 5.82 Å². The number of nitrogens with two attached hydrogens (primary N) is 1. The van der Waals surface area contributed by atoms with E-state index in [9.17, 15) is 4.79 Å². The first kappa shape index (κ1) is 10.1. The van der Waals surface area contributed by atoms with Crippen LogP contribution < -0.4 is 11.1 Å². The summed E-state index contributed by atoms with van der Waals surface area (Å²) in [5, 5.41) is 12.1. The Hall–Kier alpha value is -2.38. The van der Waals surface area contributed by atoms with Crippen molar-refractivity contribution in [3.63, 3.8) is 0 Å². The maximum atomic E-state index is 11.6. The summed E-state index contributed by atoms with van der Waals surface area (Å²) in [7, 11) is 1.85. The summed E-state index contributed by atoms with van der Waals surface area (Å²) in [6.07, 6.45) is 3.46. The number of nitrogen functional groups attached to an aromatic ring is 1. The van der Waals surface area contributed by atoms with E-state index in [0.717, 1.165) is 5.82 Å². The molecule has 4 N–H and O–H groups in total. The Morgan fingerprint density at radius 2 is 2.44 bits per heavy atom. The fourth-order valence-corrected chi connectivity index (χ4v) is 1.22. The molecule has 2 aromatic heterocycles. The topological polar surface area (TPSA) is 115 Å². The molecule has 0 unspecified atom stereocenters. The van der Waals surface area contributed by atoms with E-state index in [-0.39, 0.29) is 17.4 Å². The van der Waals surface area contributed by atoms with Crippen LogP contribution in [-0.2, 0) is 13.6 Å². The van der Waals surface area contributed by atoms with Gasteiger partial charge in [-0.2, -0.15) is 5.21 Å². The van der Waals surface area contributed by atoms with Crippen molar-refractivity contribution < 1.29 is 4.79 Å². The molecule has 1 amide bonds. The third-order valence-corrected chi connectivity index (χ3v) is 2.12. The van der Waals surface area contributed by atoms with Gasteiger partial charge in [-0.15, -0.1) is 10.2 Å². The van der Waals surface area contributed by atoms with Crippen molar-refractivity contribution >= 4 is 11.7 Å². The average molecular weight is 221 g/mol. The molecule has 0 aliphatic rings. The highest BCUT2D eigenvalue weighted by Crippen LogP contribution is 2.02. The summed E-state index contributed by atoms with van der Waals surface area (Å²) in [4.78, 5) is 15.6. The predicted molar refractivity (Wildman–Crippen MR) is 55.2 cm³/mol. The molecule has 16 heavy (non-hydrogen) atoms. The molecule has 0 saturated carbocycles. The van der Waals surface area contributed by atoms with E-state index in [0.29, 0.717) is 6.54 Å². The number of hydrogen-bond acceptors (Lipinski definition) is 5. The number of aromatic nitrogens is 5. The van der Waals surface area contributed by atoms with Crippen LogP contribution in [0.1, 0.15) is 16.3 Å². The standard InChI is InChI=1S/C8H11N7O/c1-15-3-2-10-5(15)4-11-8(16)6-7(9)13-14-12-6/h2-3H,4H2,1H3,(H,11,16)(H3,9,12,13,14). The number of H-pyrrole nitrogens is 1. The number of nitrogens with one attached hydrogen (secondary N) is 2. The number of aryl methyl sites for hydroxylation is 1. The van der Waals surface area contributed by atoms with E-state index in [2.05, 4.69) is 25.7 Å². The van der Waals surface area contributed by atoms with Gasteiger partial charge in [0, 0.05) is 19.4 Å². The summed E-state index contributed by atoms with van der Waals surface area (Å²) in [6, 6.07) is 0. The van der Waals surface area contributed by atoms with Crippen LogP contribution in [0.2, 0.25) is 0 Å². The molecule has 0 spiro atoms. The molecule has 2 aromatic rings. The zero-order chi connectivity index (χ0) is 11.5. The molecule has 8 nitrogen and oxygen atoms in total. The first-order chi connectivity index (χ1) is 7.68. The monoisotopic (exact) mass is 221 g/mol. The maximum absolute atomic E-state index is 11.6. The van der Waals surface area contributed by atoms with Crippen molar-refractivity contribution in [2.45, 2.75) is 6.54 Å². The molecule has 0 bridgehead atoms. The molecular weight excluding hydrogens is 210 g/mol. The predicted octanol–water partition coefficient (Wildman–Crippen LogP) is -0.950. The number of carbonyl (C=O) groups excluding carboxylic acids is 1. The number of hydrogen-bond donors (Lipinski definition) is 3. The summed E-state index contributed by atoms with van der Waals surface area (Å²) in [5.74, 6) is 0.446. The van der Waals surface area contributed by atoms with Crippen molar-refractivity contribution in [2.24, 2.45) is 7.05 Å². The van der Waals surface area contributed by atoms with Crippen LogP contribution in [0, 0.1) is 0 Å². The van der Waals surface area contributed by atoms with Crippen molar-refractivity contribution in [3.8, 4) is 0 Å². The number of aromatic amines is 1. The number of amides is 1. The molecule has 0 aliphatic carbocycles. The van der Waals surface area contributed by atoms with Gasteiger partial charge in [-0.3, -0.25) is 4.79 Å². The van der Waals surface area contributed by atoms with E-state index in [1.54, 1.807) is 12.4 Å². The molecule has 2 rings (SSSR count). The van der Waals surface area contributed by atoms with Gasteiger partial charge in [0.1, 0.15) is 5.82 Å². The smallest absolute Gasteiger partial charge is 0.276 e. The quantitative estimate of drug-likeness (QED) is 0.618. The van der Waals surface area contributed by atoms with Gasteiger partial charge in [0.25, 0.3) is 5.91 Å². The lowest BCUT2D eigenvalue weighted by atomic mass is 10.4. The van der Waals surface area contributed by atoms with E-state index >= 15 is 0 Å². The second-order valence-corrected chi connectivity index (χ2v) is 3.19. The van der Waals surface area contributed by atoms with Crippen LogP contribution in [0.15, 0.2) is 12.4 Å². The number of anilines is 1. The van der Waals surface area contributed by atoms with Crippen molar-refractivity contribution in [1.82, 2.24) is 30.3 Å². The van der Waals surface area contributed by atoms with Gasteiger partial charge in [-0.25, -0.2) is 4.98 Å². The van der Waals surface area contributed by atoms with Crippen molar-refractivity contribution in [1.29, 1.82) is 0 Å². The normalized spacial score (nSPS) is 10.3. The number of carbonyl (C=O) groups is 1. The first-order valence-electron chi connectivity index (χ1n) is 4.59. The molecular formula is C8H11N7O.